The molecule has 1 unspecified atom stereocenters. The fourth-order valence-corrected chi connectivity index (χ4v) is 4.40. The Balaban J connectivity index is 1.76. The van der Waals surface area contributed by atoms with Gasteiger partial charge in [0.05, 0.1) is 6.54 Å². The molecule has 1 N–H and O–H groups in total. The van der Waals surface area contributed by atoms with E-state index in [0.717, 1.165) is 17.7 Å². The predicted molar refractivity (Wildman–Crippen MR) is 117 cm³/mol. The van der Waals surface area contributed by atoms with Crippen LogP contribution in [-0.4, -0.2) is 31.4 Å². The van der Waals surface area contributed by atoms with Crippen molar-refractivity contribution in [3.05, 3.63) is 89.8 Å². The van der Waals surface area contributed by atoms with Crippen molar-refractivity contribution in [3.8, 4) is 0 Å². The first kappa shape index (κ1) is 23.1. The fourth-order valence-electron chi connectivity index (χ4n) is 3.30. The van der Waals surface area contributed by atoms with Gasteiger partial charge in [0.15, 0.2) is 0 Å². The third kappa shape index (κ3) is 5.57. The van der Waals surface area contributed by atoms with E-state index in [0.29, 0.717) is 11.5 Å². The highest BCUT2D eigenvalue weighted by Crippen LogP contribution is 2.44. The molecule has 3 rings (SSSR count). The summed E-state index contributed by atoms with van der Waals surface area (Å²) in [6.07, 6.45) is 6.62. The molecule has 0 radical (unpaired) electrons. The first-order valence-electron chi connectivity index (χ1n) is 9.71. The van der Waals surface area contributed by atoms with Crippen LogP contribution in [0, 0.1) is 22.9 Å². The lowest BCUT2D eigenvalue weighted by atomic mass is 9.71. The highest BCUT2D eigenvalue weighted by Gasteiger charge is 2.47. The minimum Gasteiger partial charge on any atom is -0.383 e. The zero-order valence-corrected chi connectivity index (χ0v) is 18.1. The molecule has 1 heterocycles. The largest absolute Gasteiger partial charge is 0.383 e. The van der Waals surface area contributed by atoms with Gasteiger partial charge in [-0.25, -0.2) is 22.8 Å². The number of hydrogen-bond acceptors (Lipinski definition) is 4. The van der Waals surface area contributed by atoms with Gasteiger partial charge in [0.2, 0.25) is 0 Å². The quantitative estimate of drug-likeness (QED) is 0.466. The first-order chi connectivity index (χ1) is 14.7. The van der Waals surface area contributed by atoms with Gasteiger partial charge in [-0.1, -0.05) is 44.2 Å². The molecule has 1 aromatic heterocycles. The molecule has 0 aliphatic carbocycles. The van der Waals surface area contributed by atoms with Crippen molar-refractivity contribution in [1.29, 1.82) is 0 Å². The predicted octanol–water partition coefficient (Wildman–Crippen LogP) is 5.06. The van der Waals surface area contributed by atoms with E-state index >= 15 is 0 Å². The molecule has 1 atom stereocenters. The van der Waals surface area contributed by atoms with Crippen molar-refractivity contribution >= 4 is 17.8 Å². The summed E-state index contributed by atoms with van der Waals surface area (Å²) in [6.45, 7) is 3.64. The normalized spacial score (nSPS) is 14.1. The molecule has 0 aliphatic rings. The molecule has 0 fully saturated rings. The third-order valence-corrected chi connectivity index (χ3v) is 6.56. The molecular weight excluding hydrogens is 423 g/mol. The second-order valence-corrected chi connectivity index (χ2v) is 8.96. The number of aromatic nitrogens is 3. The summed E-state index contributed by atoms with van der Waals surface area (Å²) in [5, 5.41) is 15.7. The molecule has 31 heavy (non-hydrogen) atoms. The van der Waals surface area contributed by atoms with Crippen LogP contribution in [0.1, 0.15) is 25.0 Å². The highest BCUT2D eigenvalue weighted by molar-refractivity contribution is 7.99. The Hall–Kier alpha value is -2.58. The first-order valence-corrected chi connectivity index (χ1v) is 10.9. The molecule has 4 nitrogen and oxygen atoms in total. The number of nitrogens with zero attached hydrogens (tertiary/aromatic N) is 3. The second-order valence-electron chi connectivity index (χ2n) is 7.93. The molecule has 0 bridgehead atoms. The van der Waals surface area contributed by atoms with Crippen molar-refractivity contribution in [2.45, 2.75) is 26.0 Å². The van der Waals surface area contributed by atoms with Gasteiger partial charge in [-0.15, -0.1) is 0 Å². The molecule has 0 amide bonds. The van der Waals surface area contributed by atoms with E-state index in [-0.39, 0.29) is 17.9 Å². The van der Waals surface area contributed by atoms with Gasteiger partial charge in [0.1, 0.15) is 35.7 Å². The van der Waals surface area contributed by atoms with E-state index in [2.05, 4.69) is 10.1 Å². The van der Waals surface area contributed by atoms with E-state index in [4.69, 9.17) is 0 Å². The average molecular weight is 448 g/mol. The molecule has 8 heteroatoms. The van der Waals surface area contributed by atoms with Gasteiger partial charge in [-0.05, 0) is 23.8 Å². The van der Waals surface area contributed by atoms with Gasteiger partial charge in [0, 0.05) is 28.6 Å². The topological polar surface area (TPSA) is 50.9 Å². The van der Waals surface area contributed by atoms with Crippen LogP contribution in [0.5, 0.6) is 0 Å². The van der Waals surface area contributed by atoms with Crippen LogP contribution in [0.3, 0.4) is 0 Å². The van der Waals surface area contributed by atoms with Gasteiger partial charge in [0.25, 0.3) is 0 Å². The van der Waals surface area contributed by atoms with Crippen LogP contribution in [0.25, 0.3) is 6.08 Å². The van der Waals surface area contributed by atoms with Crippen LogP contribution in [-0.2, 0) is 12.1 Å². The minimum absolute atomic E-state index is 0.0110. The monoisotopic (exact) mass is 447 g/mol. The Labute approximate surface area is 183 Å². The Morgan fingerprint density at radius 3 is 2.42 bits per heavy atom. The van der Waals surface area contributed by atoms with E-state index < -0.39 is 22.7 Å². The van der Waals surface area contributed by atoms with Crippen molar-refractivity contribution in [2.24, 2.45) is 5.41 Å². The van der Waals surface area contributed by atoms with Crippen LogP contribution < -0.4 is 0 Å². The summed E-state index contributed by atoms with van der Waals surface area (Å²) >= 11 is 1.56. The Morgan fingerprint density at radius 1 is 1.06 bits per heavy atom. The third-order valence-electron chi connectivity index (χ3n) is 5.21. The van der Waals surface area contributed by atoms with Gasteiger partial charge in [-0.3, -0.25) is 0 Å². The second kappa shape index (κ2) is 9.70. The van der Waals surface area contributed by atoms with E-state index in [1.165, 1.54) is 35.5 Å². The maximum Gasteiger partial charge on any atom is 0.137 e. The van der Waals surface area contributed by atoms with Crippen molar-refractivity contribution < 1.29 is 18.3 Å². The average Bonchev–Trinajstić information content (AvgIpc) is 3.21. The fraction of sp³-hybridized carbons (Fsp3) is 0.304. The highest BCUT2D eigenvalue weighted by atomic mass is 32.2. The molecule has 0 aliphatic heterocycles. The smallest absolute Gasteiger partial charge is 0.137 e. The zero-order valence-electron chi connectivity index (χ0n) is 17.3. The number of halogens is 3. The van der Waals surface area contributed by atoms with E-state index in [1.54, 1.807) is 23.9 Å². The number of rotatable bonds is 9. The molecule has 3 aromatic rings. The standard InChI is InChI=1S/C23H24F3N3OS/c1-22(2,14-31-11-3-4-17-5-7-18(24)8-6-17)23(30,13-29-16-27-15-28-29)20-10-9-19(25)12-21(20)26/h3-10,12,15-16,30H,11,13-14H2,1-2H3. The van der Waals surface area contributed by atoms with Crippen molar-refractivity contribution in [2.75, 3.05) is 11.5 Å². The molecule has 0 saturated heterocycles. The van der Waals surface area contributed by atoms with Crippen molar-refractivity contribution in [1.82, 2.24) is 14.8 Å². The molecular formula is C23H24F3N3OS. The molecule has 2 aromatic carbocycles. The van der Waals surface area contributed by atoms with Gasteiger partial charge >= 0.3 is 0 Å². The lowest BCUT2D eigenvalue weighted by Crippen LogP contribution is -2.47. The van der Waals surface area contributed by atoms with Crippen molar-refractivity contribution in [3.63, 3.8) is 0 Å². The van der Waals surface area contributed by atoms with Gasteiger partial charge < -0.3 is 5.11 Å². The lowest BCUT2D eigenvalue weighted by molar-refractivity contribution is -0.0804. The minimum atomic E-state index is -1.66. The van der Waals surface area contributed by atoms with Gasteiger partial charge in [-0.2, -0.15) is 16.9 Å². The number of aliphatic hydroxyl groups is 1. The van der Waals surface area contributed by atoms with E-state index in [9.17, 15) is 18.3 Å². The Bertz CT molecular complexity index is 1020. The Morgan fingerprint density at radius 2 is 1.77 bits per heavy atom. The summed E-state index contributed by atoms with van der Waals surface area (Å²) in [5.41, 5.74) is -1.56. The summed E-state index contributed by atoms with van der Waals surface area (Å²) < 4.78 is 42.6. The Kier molecular flexibility index (Phi) is 7.23. The molecule has 164 valence electrons. The number of hydrogen-bond donors (Lipinski definition) is 1. The molecule has 0 spiro atoms. The SMILES string of the molecule is CC(C)(CSCC=Cc1ccc(F)cc1)C(O)(Cn1cncn1)c1ccc(F)cc1F. The summed E-state index contributed by atoms with van der Waals surface area (Å²) in [4.78, 5) is 3.89. The van der Waals surface area contributed by atoms with Crippen LogP contribution in [0.4, 0.5) is 13.2 Å². The number of benzene rings is 2. The summed E-state index contributed by atoms with van der Waals surface area (Å²) in [7, 11) is 0. The van der Waals surface area contributed by atoms with Crippen LogP contribution in [0.15, 0.2) is 61.2 Å². The molecule has 0 saturated carbocycles. The summed E-state index contributed by atoms with van der Waals surface area (Å²) in [5.74, 6) is -0.665. The number of thioether (sulfide) groups is 1. The zero-order chi connectivity index (χ0) is 22.5. The van der Waals surface area contributed by atoms with Crippen LogP contribution in [0.2, 0.25) is 0 Å². The maximum absolute atomic E-state index is 14.7. The van der Waals surface area contributed by atoms with Crippen LogP contribution >= 0.6 is 11.8 Å². The summed E-state index contributed by atoms with van der Waals surface area (Å²) in [6, 6.07) is 9.37. The lowest BCUT2D eigenvalue weighted by Gasteiger charge is -2.43. The van der Waals surface area contributed by atoms with E-state index in [1.807, 2.05) is 26.0 Å². The maximum atomic E-state index is 14.7.